The van der Waals surface area contributed by atoms with Crippen molar-refractivity contribution in [2.75, 3.05) is 56.3 Å². The Morgan fingerprint density at radius 3 is 2.67 bits per heavy atom. The smallest absolute Gasteiger partial charge is 0.227 e. The Labute approximate surface area is 261 Å². The third-order valence-corrected chi connectivity index (χ3v) is 9.23. The van der Waals surface area contributed by atoms with E-state index in [9.17, 15) is 0 Å². The van der Waals surface area contributed by atoms with Gasteiger partial charge in [-0.1, -0.05) is 23.5 Å². The van der Waals surface area contributed by atoms with Gasteiger partial charge >= 0.3 is 0 Å². The van der Waals surface area contributed by atoms with Crippen LogP contribution in [0.5, 0.6) is 11.5 Å². The first-order valence-electron chi connectivity index (χ1n) is 14.8. The van der Waals surface area contributed by atoms with E-state index < -0.39 is 5.82 Å². The third kappa shape index (κ3) is 7.39. The molecular weight excluding hydrogens is 584 g/mol. The van der Waals surface area contributed by atoms with Gasteiger partial charge in [-0.25, -0.2) is 19.3 Å². The summed E-state index contributed by atoms with van der Waals surface area (Å²) in [5.41, 5.74) is 3.08. The fourth-order valence-corrected chi connectivity index (χ4v) is 6.61. The maximum Gasteiger partial charge on any atom is 0.227 e. The number of benzene rings is 2. The first kappa shape index (κ1) is 29.7. The van der Waals surface area contributed by atoms with Crippen molar-refractivity contribution in [3.05, 3.63) is 60.5 Å². The molecule has 2 aliphatic rings. The molecule has 11 heteroatoms. The van der Waals surface area contributed by atoms with Crippen LogP contribution in [-0.2, 0) is 0 Å². The molecule has 0 bridgehead atoms. The Kier molecular flexibility index (Phi) is 9.30. The van der Waals surface area contributed by atoms with Gasteiger partial charge in [-0.05, 0) is 61.9 Å². The van der Waals surface area contributed by atoms with E-state index in [0.29, 0.717) is 11.6 Å². The van der Waals surface area contributed by atoms with Gasteiger partial charge in [0.1, 0.15) is 11.9 Å². The number of aromatic nitrogens is 3. The molecule has 0 amide bonds. The lowest BCUT2D eigenvalue weighted by molar-refractivity contribution is 0.101. The number of ether oxygens (including phenoxy) is 2. The average Bonchev–Trinajstić information content (AvgIpc) is 3.72. The second-order valence-electron chi connectivity index (χ2n) is 11.1. The summed E-state index contributed by atoms with van der Waals surface area (Å²) < 4.78 is 26.6. The van der Waals surface area contributed by atoms with Crippen molar-refractivity contribution >= 4 is 40.7 Å². The van der Waals surface area contributed by atoms with Crippen molar-refractivity contribution in [3.63, 3.8) is 0 Å². The number of piperidine rings is 1. The molecular formula is C32H37FN6O2S2. The number of likely N-dealkylation sites (tertiary alicyclic amines) is 1. The van der Waals surface area contributed by atoms with Crippen LogP contribution in [0.25, 0.3) is 21.8 Å². The molecule has 0 radical (unpaired) electrons. The number of thiazole rings is 1. The lowest BCUT2D eigenvalue weighted by Crippen LogP contribution is -2.39. The number of thiol groups is 1. The fraction of sp³-hybridized carbons (Fsp3) is 0.406. The highest BCUT2D eigenvalue weighted by Crippen LogP contribution is 2.41. The Hall–Kier alpha value is -3.41. The van der Waals surface area contributed by atoms with Gasteiger partial charge in [0.25, 0.3) is 0 Å². The molecule has 43 heavy (non-hydrogen) atoms. The largest absolute Gasteiger partial charge is 0.497 e. The number of nitrogens with one attached hydrogen (secondary N) is 1. The van der Waals surface area contributed by atoms with E-state index in [2.05, 4.69) is 39.8 Å². The van der Waals surface area contributed by atoms with Gasteiger partial charge in [0.15, 0.2) is 16.7 Å². The third-order valence-electron chi connectivity index (χ3n) is 7.84. The quantitative estimate of drug-likeness (QED) is 0.168. The van der Waals surface area contributed by atoms with Crippen LogP contribution in [0.4, 0.5) is 21.2 Å². The van der Waals surface area contributed by atoms with E-state index in [4.69, 9.17) is 19.4 Å². The second-order valence-corrected chi connectivity index (χ2v) is 12.6. The van der Waals surface area contributed by atoms with E-state index in [1.807, 2.05) is 30.3 Å². The highest BCUT2D eigenvalue weighted by Gasteiger charge is 2.26. The summed E-state index contributed by atoms with van der Waals surface area (Å²) in [7, 11) is 3.76. The van der Waals surface area contributed by atoms with Crippen LogP contribution in [0.15, 0.2) is 54.7 Å². The summed E-state index contributed by atoms with van der Waals surface area (Å²) in [6, 6.07) is 14.7. The van der Waals surface area contributed by atoms with Crippen LogP contribution < -0.4 is 19.7 Å². The lowest BCUT2D eigenvalue weighted by Gasteiger charge is -2.31. The van der Waals surface area contributed by atoms with Crippen LogP contribution in [0.1, 0.15) is 25.7 Å². The zero-order chi connectivity index (χ0) is 29.8. The fourth-order valence-electron chi connectivity index (χ4n) is 5.30. The predicted molar refractivity (Wildman–Crippen MR) is 175 cm³/mol. The van der Waals surface area contributed by atoms with E-state index in [1.54, 1.807) is 36.8 Å². The molecule has 6 rings (SSSR count). The van der Waals surface area contributed by atoms with Crippen molar-refractivity contribution in [2.45, 2.75) is 31.8 Å². The molecule has 0 spiro atoms. The normalized spacial score (nSPS) is 15.8. The van der Waals surface area contributed by atoms with Crippen LogP contribution in [0.3, 0.4) is 0 Å². The monoisotopic (exact) mass is 620 g/mol. The Morgan fingerprint density at radius 1 is 1.09 bits per heavy atom. The summed E-state index contributed by atoms with van der Waals surface area (Å²) in [5.74, 6) is 2.57. The van der Waals surface area contributed by atoms with Gasteiger partial charge in [-0.3, -0.25) is 0 Å². The van der Waals surface area contributed by atoms with Crippen LogP contribution >= 0.6 is 24.0 Å². The van der Waals surface area contributed by atoms with Gasteiger partial charge in [0.05, 0.1) is 23.4 Å². The Balaban J connectivity index is 1.20. The molecule has 3 heterocycles. The van der Waals surface area contributed by atoms with Crippen LogP contribution in [0, 0.1) is 11.7 Å². The standard InChI is InChI=1S/C32H37FN6O2S2/c1-38(20-21-6-7-21)32-37-29(22-4-3-5-25(18-22)40-2)30(43-32)27-10-13-34-31(36-27)35-23-8-9-28(26(33)19-23)41-24-11-14-39(15-12-24)16-17-42/h3-5,8-10,13,18-19,21,24,42H,6-7,11-12,14-17,20H2,1-2H3,(H,34,35,36). The zero-order valence-electron chi connectivity index (χ0n) is 24.5. The maximum absolute atomic E-state index is 15.1. The number of halogens is 1. The topological polar surface area (TPSA) is 75.6 Å². The SMILES string of the molecule is COc1cccc(-c2nc(N(C)CC3CC3)sc2-c2ccnc(Nc3ccc(OC4CCN(CCS)CC4)c(F)c3)n2)c1. The number of rotatable bonds is 12. The van der Waals surface area contributed by atoms with E-state index in [0.717, 1.165) is 83.4 Å². The number of anilines is 3. The van der Waals surface area contributed by atoms with E-state index >= 15 is 4.39 Å². The van der Waals surface area contributed by atoms with Crippen molar-refractivity contribution in [1.82, 2.24) is 19.9 Å². The highest BCUT2D eigenvalue weighted by atomic mass is 32.1. The molecule has 2 fully saturated rings. The second kappa shape index (κ2) is 13.5. The average molecular weight is 621 g/mol. The molecule has 1 saturated carbocycles. The molecule has 4 aromatic rings. The minimum Gasteiger partial charge on any atom is -0.497 e. The summed E-state index contributed by atoms with van der Waals surface area (Å²) in [4.78, 5) is 19.8. The highest BCUT2D eigenvalue weighted by molar-refractivity contribution is 7.80. The molecule has 0 atom stereocenters. The zero-order valence-corrected chi connectivity index (χ0v) is 26.2. The molecule has 2 aromatic carbocycles. The van der Waals surface area contributed by atoms with E-state index in [1.165, 1.54) is 18.9 Å². The van der Waals surface area contributed by atoms with Gasteiger partial charge in [-0.2, -0.15) is 12.6 Å². The summed E-state index contributed by atoms with van der Waals surface area (Å²) >= 11 is 5.93. The Bertz CT molecular complexity index is 1540. The molecule has 1 saturated heterocycles. The number of methoxy groups -OCH3 is 1. The molecule has 8 nitrogen and oxygen atoms in total. The minimum absolute atomic E-state index is 0.0101. The minimum atomic E-state index is -0.412. The maximum atomic E-state index is 15.1. The van der Waals surface area contributed by atoms with Gasteiger partial charge in [0, 0.05) is 62.5 Å². The van der Waals surface area contributed by atoms with Gasteiger partial charge < -0.3 is 24.6 Å². The molecule has 1 aliphatic carbocycles. The summed E-state index contributed by atoms with van der Waals surface area (Å²) in [6.45, 7) is 3.84. The van der Waals surface area contributed by atoms with Gasteiger partial charge in [-0.15, -0.1) is 0 Å². The number of hydrogen-bond donors (Lipinski definition) is 2. The van der Waals surface area contributed by atoms with Gasteiger partial charge in [0.2, 0.25) is 5.95 Å². The number of hydrogen-bond acceptors (Lipinski definition) is 10. The van der Waals surface area contributed by atoms with Crippen LogP contribution in [-0.4, -0.2) is 72.0 Å². The van der Waals surface area contributed by atoms with Crippen LogP contribution in [0.2, 0.25) is 0 Å². The summed E-state index contributed by atoms with van der Waals surface area (Å²) in [6.07, 6.45) is 6.02. The van der Waals surface area contributed by atoms with Crippen molar-refractivity contribution < 1.29 is 13.9 Å². The molecule has 0 unspecified atom stereocenters. The van der Waals surface area contributed by atoms with Crippen molar-refractivity contribution in [1.29, 1.82) is 0 Å². The Morgan fingerprint density at radius 2 is 1.93 bits per heavy atom. The first-order chi connectivity index (χ1) is 21.0. The molecule has 2 aromatic heterocycles. The first-order valence-corrected chi connectivity index (χ1v) is 16.2. The van der Waals surface area contributed by atoms with Crippen molar-refractivity contribution in [3.8, 4) is 33.3 Å². The van der Waals surface area contributed by atoms with E-state index in [-0.39, 0.29) is 11.9 Å². The molecule has 226 valence electrons. The number of nitrogens with zero attached hydrogens (tertiary/aromatic N) is 5. The summed E-state index contributed by atoms with van der Waals surface area (Å²) in [5, 5.41) is 4.11. The van der Waals surface area contributed by atoms with Crippen molar-refractivity contribution in [2.24, 2.45) is 5.92 Å². The molecule has 1 aliphatic heterocycles. The lowest BCUT2D eigenvalue weighted by atomic mass is 10.1. The molecule has 1 N–H and O–H groups in total. The predicted octanol–water partition coefficient (Wildman–Crippen LogP) is 6.78.